The number of rotatable bonds is 2. The van der Waals surface area contributed by atoms with Crippen molar-refractivity contribution >= 4 is 23.1 Å². The van der Waals surface area contributed by atoms with Gasteiger partial charge in [0.1, 0.15) is 4.34 Å². The number of thiazole rings is 1. The Morgan fingerprint density at radius 3 is 3.14 bits per heavy atom. The smallest absolute Gasteiger partial charge is 0.150 e. The van der Waals surface area contributed by atoms with Crippen molar-refractivity contribution in [2.24, 2.45) is 5.92 Å². The second-order valence-electron chi connectivity index (χ2n) is 3.58. The fourth-order valence-corrected chi connectivity index (χ4v) is 4.09. The van der Waals surface area contributed by atoms with Crippen LogP contribution in [0.5, 0.6) is 0 Å². The Labute approximate surface area is 92.4 Å². The van der Waals surface area contributed by atoms with E-state index in [0.717, 1.165) is 16.5 Å². The molecule has 2 unspecified atom stereocenters. The van der Waals surface area contributed by atoms with Crippen molar-refractivity contribution in [2.75, 3.05) is 0 Å². The largest absolute Gasteiger partial charge is 0.235 e. The van der Waals surface area contributed by atoms with Crippen molar-refractivity contribution in [1.29, 1.82) is 5.26 Å². The van der Waals surface area contributed by atoms with E-state index < -0.39 is 0 Å². The lowest BCUT2D eigenvalue weighted by atomic mass is 10.1. The molecule has 0 radical (unpaired) electrons. The zero-order valence-electron chi connectivity index (χ0n) is 8.06. The molecule has 0 N–H and O–H groups in total. The Bertz CT molecular complexity index is 353. The SMILES string of the molecule is Cc1csc(SC2CCCC2C#N)n1. The maximum absolute atomic E-state index is 8.94. The van der Waals surface area contributed by atoms with Gasteiger partial charge in [0, 0.05) is 16.3 Å². The lowest BCUT2D eigenvalue weighted by Gasteiger charge is -2.09. The van der Waals surface area contributed by atoms with E-state index in [9.17, 15) is 0 Å². The van der Waals surface area contributed by atoms with Gasteiger partial charge in [-0.15, -0.1) is 11.3 Å². The van der Waals surface area contributed by atoms with Crippen LogP contribution in [0.3, 0.4) is 0 Å². The van der Waals surface area contributed by atoms with E-state index in [0.29, 0.717) is 5.25 Å². The molecule has 2 rings (SSSR count). The summed E-state index contributed by atoms with van der Waals surface area (Å²) in [7, 11) is 0. The summed E-state index contributed by atoms with van der Waals surface area (Å²) >= 11 is 3.48. The zero-order chi connectivity index (χ0) is 9.97. The highest BCUT2D eigenvalue weighted by Gasteiger charge is 2.28. The fourth-order valence-electron chi connectivity index (χ4n) is 1.73. The Morgan fingerprint density at radius 2 is 2.50 bits per heavy atom. The first-order valence-electron chi connectivity index (χ1n) is 4.78. The predicted molar refractivity (Wildman–Crippen MR) is 59.5 cm³/mol. The summed E-state index contributed by atoms with van der Waals surface area (Å²) < 4.78 is 1.12. The van der Waals surface area contributed by atoms with Crippen LogP contribution < -0.4 is 0 Å². The van der Waals surface area contributed by atoms with E-state index in [2.05, 4.69) is 16.4 Å². The van der Waals surface area contributed by atoms with Crippen LogP contribution in [-0.2, 0) is 0 Å². The third-order valence-corrected chi connectivity index (χ3v) is 4.96. The molecule has 1 aromatic heterocycles. The van der Waals surface area contributed by atoms with E-state index >= 15 is 0 Å². The molecule has 1 aliphatic carbocycles. The van der Waals surface area contributed by atoms with Crippen LogP contribution in [0.15, 0.2) is 9.72 Å². The second kappa shape index (κ2) is 4.33. The minimum absolute atomic E-state index is 0.240. The van der Waals surface area contributed by atoms with Gasteiger partial charge < -0.3 is 0 Å². The van der Waals surface area contributed by atoms with E-state index in [4.69, 9.17) is 5.26 Å². The van der Waals surface area contributed by atoms with Crippen LogP contribution in [0.1, 0.15) is 25.0 Å². The molecule has 1 aromatic rings. The molecular weight excluding hydrogens is 212 g/mol. The first kappa shape index (κ1) is 10.0. The summed E-state index contributed by atoms with van der Waals surface area (Å²) in [6.45, 7) is 2.01. The van der Waals surface area contributed by atoms with Gasteiger partial charge in [-0.3, -0.25) is 0 Å². The van der Waals surface area contributed by atoms with Gasteiger partial charge in [-0.2, -0.15) is 5.26 Å². The molecule has 1 aliphatic rings. The third kappa shape index (κ3) is 2.10. The van der Waals surface area contributed by atoms with Gasteiger partial charge in [-0.1, -0.05) is 18.2 Å². The van der Waals surface area contributed by atoms with Crippen LogP contribution in [-0.4, -0.2) is 10.2 Å². The maximum Gasteiger partial charge on any atom is 0.150 e. The van der Waals surface area contributed by atoms with Crippen molar-refractivity contribution in [2.45, 2.75) is 35.8 Å². The highest BCUT2D eigenvalue weighted by Crippen LogP contribution is 2.39. The van der Waals surface area contributed by atoms with Crippen LogP contribution >= 0.6 is 23.1 Å². The molecule has 0 spiro atoms. The van der Waals surface area contributed by atoms with Gasteiger partial charge in [-0.05, 0) is 19.8 Å². The molecule has 74 valence electrons. The quantitative estimate of drug-likeness (QED) is 0.774. The highest BCUT2D eigenvalue weighted by atomic mass is 32.2. The van der Waals surface area contributed by atoms with Crippen molar-refractivity contribution in [3.8, 4) is 6.07 Å². The minimum Gasteiger partial charge on any atom is -0.235 e. The number of hydrogen-bond acceptors (Lipinski definition) is 4. The molecule has 0 aromatic carbocycles. The monoisotopic (exact) mass is 224 g/mol. The van der Waals surface area contributed by atoms with Gasteiger partial charge in [0.2, 0.25) is 0 Å². The number of thioether (sulfide) groups is 1. The molecule has 14 heavy (non-hydrogen) atoms. The number of aryl methyl sites for hydroxylation is 1. The Kier molecular flexibility index (Phi) is 3.09. The first-order chi connectivity index (χ1) is 6.79. The average molecular weight is 224 g/mol. The minimum atomic E-state index is 0.240. The molecule has 0 amide bonds. The zero-order valence-corrected chi connectivity index (χ0v) is 9.70. The predicted octanol–water partition coefficient (Wildman–Crippen LogP) is 3.24. The summed E-state index contributed by atoms with van der Waals surface area (Å²) in [6, 6.07) is 2.40. The molecule has 1 saturated carbocycles. The van der Waals surface area contributed by atoms with E-state index in [1.54, 1.807) is 23.1 Å². The van der Waals surface area contributed by atoms with Crippen molar-refractivity contribution in [3.63, 3.8) is 0 Å². The van der Waals surface area contributed by atoms with Crippen LogP contribution in [0, 0.1) is 24.2 Å². The molecule has 2 atom stereocenters. The molecule has 1 fully saturated rings. The van der Waals surface area contributed by atoms with Gasteiger partial charge in [0.25, 0.3) is 0 Å². The third-order valence-electron chi connectivity index (χ3n) is 2.47. The van der Waals surface area contributed by atoms with Crippen LogP contribution in [0.2, 0.25) is 0 Å². The standard InChI is InChI=1S/C10H12N2S2/c1-7-6-13-10(12-7)14-9-4-2-3-8(9)5-11/h6,8-9H,2-4H2,1H3. The summed E-state index contributed by atoms with van der Waals surface area (Å²) in [5.41, 5.74) is 1.09. The van der Waals surface area contributed by atoms with Crippen molar-refractivity contribution in [3.05, 3.63) is 11.1 Å². The Morgan fingerprint density at radius 1 is 1.64 bits per heavy atom. The molecule has 1 heterocycles. The Hall–Kier alpha value is -0.530. The molecule has 0 bridgehead atoms. The summed E-state index contributed by atoms with van der Waals surface area (Å²) in [5.74, 6) is 0.240. The Balaban J connectivity index is 2.01. The van der Waals surface area contributed by atoms with Gasteiger partial charge in [0.15, 0.2) is 0 Å². The highest BCUT2D eigenvalue weighted by molar-refractivity contribution is 8.01. The molecular formula is C10H12N2S2. The summed E-state index contributed by atoms with van der Waals surface area (Å²) in [4.78, 5) is 4.41. The molecule has 4 heteroatoms. The average Bonchev–Trinajstić information content (AvgIpc) is 2.76. The van der Waals surface area contributed by atoms with E-state index in [1.807, 2.05) is 6.92 Å². The van der Waals surface area contributed by atoms with E-state index in [-0.39, 0.29) is 5.92 Å². The number of aromatic nitrogens is 1. The normalized spacial score (nSPS) is 26.3. The summed E-state index contributed by atoms with van der Waals surface area (Å²) in [6.07, 6.45) is 3.43. The maximum atomic E-state index is 8.94. The molecule has 0 saturated heterocycles. The van der Waals surface area contributed by atoms with Crippen LogP contribution in [0.4, 0.5) is 0 Å². The molecule has 2 nitrogen and oxygen atoms in total. The van der Waals surface area contributed by atoms with Crippen LogP contribution in [0.25, 0.3) is 0 Å². The number of nitrogens with zero attached hydrogens (tertiary/aromatic N) is 2. The second-order valence-corrected chi connectivity index (χ2v) is 5.92. The van der Waals surface area contributed by atoms with Crippen molar-refractivity contribution in [1.82, 2.24) is 4.98 Å². The van der Waals surface area contributed by atoms with Gasteiger partial charge in [-0.25, -0.2) is 4.98 Å². The number of hydrogen-bond donors (Lipinski definition) is 0. The topological polar surface area (TPSA) is 36.7 Å². The lowest BCUT2D eigenvalue weighted by molar-refractivity contribution is 0.714. The fraction of sp³-hybridized carbons (Fsp3) is 0.600. The lowest BCUT2D eigenvalue weighted by Crippen LogP contribution is -2.06. The van der Waals surface area contributed by atoms with E-state index in [1.165, 1.54) is 12.8 Å². The first-order valence-corrected chi connectivity index (χ1v) is 6.54. The number of nitriles is 1. The van der Waals surface area contributed by atoms with Gasteiger partial charge in [0.05, 0.1) is 12.0 Å². The van der Waals surface area contributed by atoms with Crippen molar-refractivity contribution < 1.29 is 0 Å². The van der Waals surface area contributed by atoms with Gasteiger partial charge >= 0.3 is 0 Å². The molecule has 0 aliphatic heterocycles. The summed E-state index contributed by atoms with van der Waals surface area (Å²) in [5, 5.41) is 11.5.